The highest BCUT2D eigenvalue weighted by atomic mass is 16.2. The van der Waals surface area contributed by atoms with Crippen LogP contribution in [0.25, 0.3) is 10.9 Å². The van der Waals surface area contributed by atoms with E-state index in [1.165, 1.54) is 12.8 Å². The monoisotopic (exact) mass is 322 g/mol. The SMILES string of the molecule is CC(=O)c1cn(CC(=O)NC[C@H]2C[C@@H]3C=C[C@@H]2C3)c2ccccc12. The number of rotatable bonds is 5. The van der Waals surface area contributed by atoms with Crippen molar-refractivity contribution in [3.8, 4) is 0 Å². The molecule has 124 valence electrons. The number of ketones is 1. The van der Waals surface area contributed by atoms with Gasteiger partial charge in [-0.3, -0.25) is 9.59 Å². The molecule has 4 heteroatoms. The first kappa shape index (κ1) is 15.2. The Balaban J connectivity index is 1.45. The number of nitrogens with one attached hydrogen (secondary N) is 1. The molecule has 0 radical (unpaired) electrons. The van der Waals surface area contributed by atoms with Crippen LogP contribution in [0.4, 0.5) is 0 Å². The van der Waals surface area contributed by atoms with Gasteiger partial charge >= 0.3 is 0 Å². The molecule has 4 rings (SSSR count). The summed E-state index contributed by atoms with van der Waals surface area (Å²) in [5, 5.41) is 4.00. The smallest absolute Gasteiger partial charge is 0.239 e. The molecule has 2 aromatic rings. The highest BCUT2D eigenvalue weighted by Gasteiger charge is 2.35. The van der Waals surface area contributed by atoms with Crippen LogP contribution in [-0.4, -0.2) is 22.8 Å². The maximum Gasteiger partial charge on any atom is 0.239 e. The molecule has 2 aliphatic rings. The van der Waals surface area contributed by atoms with Gasteiger partial charge in [-0.05, 0) is 43.6 Å². The van der Waals surface area contributed by atoms with Crippen LogP contribution in [0.1, 0.15) is 30.1 Å². The summed E-state index contributed by atoms with van der Waals surface area (Å²) in [6, 6.07) is 7.74. The first-order valence-electron chi connectivity index (χ1n) is 8.65. The Hall–Kier alpha value is -2.36. The third kappa shape index (κ3) is 2.66. The number of para-hydroxylation sites is 1. The normalized spacial score (nSPS) is 24.6. The second-order valence-corrected chi connectivity index (χ2v) is 7.09. The lowest BCUT2D eigenvalue weighted by Gasteiger charge is -2.18. The van der Waals surface area contributed by atoms with Crippen molar-refractivity contribution in [3.05, 3.63) is 48.2 Å². The number of carbonyl (C=O) groups is 2. The van der Waals surface area contributed by atoms with Crippen molar-refractivity contribution in [2.24, 2.45) is 17.8 Å². The summed E-state index contributed by atoms with van der Waals surface area (Å²) < 4.78 is 1.88. The molecule has 1 N–H and O–H groups in total. The van der Waals surface area contributed by atoms with Crippen molar-refractivity contribution >= 4 is 22.6 Å². The zero-order chi connectivity index (χ0) is 16.7. The molecule has 4 nitrogen and oxygen atoms in total. The van der Waals surface area contributed by atoms with E-state index in [0.29, 0.717) is 17.4 Å². The van der Waals surface area contributed by atoms with E-state index in [0.717, 1.165) is 23.4 Å². The predicted molar refractivity (Wildman–Crippen MR) is 93.8 cm³/mol. The molecule has 1 heterocycles. The van der Waals surface area contributed by atoms with Gasteiger partial charge in [0, 0.05) is 29.2 Å². The summed E-state index contributed by atoms with van der Waals surface area (Å²) in [6.45, 7) is 2.57. The molecule has 1 aromatic heterocycles. The number of amides is 1. The number of Topliss-reactive ketones (excluding diaryl/α,β-unsaturated/α-hetero) is 1. The number of hydrogen-bond acceptors (Lipinski definition) is 2. The molecule has 2 aliphatic carbocycles. The Morgan fingerprint density at radius 3 is 2.75 bits per heavy atom. The lowest BCUT2D eigenvalue weighted by Crippen LogP contribution is -2.33. The van der Waals surface area contributed by atoms with E-state index in [1.54, 1.807) is 13.1 Å². The largest absolute Gasteiger partial charge is 0.354 e. The minimum atomic E-state index is 0.0117. The number of allylic oxidation sites excluding steroid dienone is 2. The number of fused-ring (bicyclic) bond motifs is 3. The Morgan fingerprint density at radius 1 is 1.21 bits per heavy atom. The summed E-state index contributed by atoms with van der Waals surface area (Å²) in [4.78, 5) is 24.2. The Labute approximate surface area is 141 Å². The van der Waals surface area contributed by atoms with Crippen LogP contribution in [0.2, 0.25) is 0 Å². The molecule has 0 unspecified atom stereocenters. The van der Waals surface area contributed by atoms with Gasteiger partial charge in [0.25, 0.3) is 0 Å². The quantitative estimate of drug-likeness (QED) is 0.679. The van der Waals surface area contributed by atoms with Crippen molar-refractivity contribution in [3.63, 3.8) is 0 Å². The Bertz CT molecular complexity index is 833. The van der Waals surface area contributed by atoms with E-state index in [4.69, 9.17) is 0 Å². The molecular weight excluding hydrogens is 300 g/mol. The van der Waals surface area contributed by atoms with Crippen LogP contribution < -0.4 is 5.32 Å². The van der Waals surface area contributed by atoms with E-state index in [9.17, 15) is 9.59 Å². The topological polar surface area (TPSA) is 51.1 Å². The van der Waals surface area contributed by atoms with Gasteiger partial charge in [-0.15, -0.1) is 0 Å². The second kappa shape index (κ2) is 5.93. The van der Waals surface area contributed by atoms with Crippen LogP contribution in [0.3, 0.4) is 0 Å². The van der Waals surface area contributed by atoms with Crippen molar-refractivity contribution < 1.29 is 9.59 Å². The highest BCUT2D eigenvalue weighted by Crippen LogP contribution is 2.42. The molecule has 1 fully saturated rings. The molecule has 0 aliphatic heterocycles. The van der Waals surface area contributed by atoms with Crippen molar-refractivity contribution in [2.75, 3.05) is 6.54 Å². The van der Waals surface area contributed by atoms with Gasteiger partial charge in [0.1, 0.15) is 6.54 Å². The van der Waals surface area contributed by atoms with Gasteiger partial charge in [0.05, 0.1) is 0 Å². The van der Waals surface area contributed by atoms with E-state index in [1.807, 2.05) is 28.8 Å². The first-order valence-corrected chi connectivity index (χ1v) is 8.65. The first-order chi connectivity index (χ1) is 11.6. The van der Waals surface area contributed by atoms with Crippen LogP contribution in [0, 0.1) is 17.8 Å². The molecule has 0 spiro atoms. The second-order valence-electron chi connectivity index (χ2n) is 7.09. The van der Waals surface area contributed by atoms with Gasteiger partial charge in [-0.2, -0.15) is 0 Å². The third-order valence-corrected chi connectivity index (χ3v) is 5.46. The molecular formula is C20H22N2O2. The summed E-state index contributed by atoms with van der Waals surface area (Å²) in [6.07, 6.45) is 8.88. The van der Waals surface area contributed by atoms with Gasteiger partial charge in [0.2, 0.25) is 5.91 Å². The average molecular weight is 322 g/mol. The third-order valence-electron chi connectivity index (χ3n) is 5.46. The summed E-state index contributed by atoms with van der Waals surface area (Å²) >= 11 is 0. The van der Waals surface area contributed by atoms with Crippen LogP contribution >= 0.6 is 0 Å². The summed E-state index contributed by atoms with van der Waals surface area (Å²) in [5.41, 5.74) is 1.61. The zero-order valence-electron chi connectivity index (χ0n) is 13.9. The van der Waals surface area contributed by atoms with Crippen molar-refractivity contribution in [1.82, 2.24) is 9.88 Å². The zero-order valence-corrected chi connectivity index (χ0v) is 13.9. The van der Waals surface area contributed by atoms with E-state index < -0.39 is 0 Å². The predicted octanol–water partition coefficient (Wildman–Crippen LogP) is 3.17. The van der Waals surface area contributed by atoms with Gasteiger partial charge in [-0.25, -0.2) is 0 Å². The standard InChI is InChI=1S/C20H22N2O2/c1-13(23)18-11-22(19-5-3-2-4-17(18)19)12-20(24)21-10-16-9-14-6-7-15(16)8-14/h2-7,11,14-16H,8-10,12H2,1H3,(H,21,24)/t14-,15-,16-/m1/s1. The molecule has 3 atom stereocenters. The van der Waals surface area contributed by atoms with Crippen LogP contribution in [-0.2, 0) is 11.3 Å². The minimum Gasteiger partial charge on any atom is -0.354 e. The molecule has 1 aromatic carbocycles. The Kier molecular flexibility index (Phi) is 3.75. The maximum absolute atomic E-state index is 12.4. The van der Waals surface area contributed by atoms with E-state index >= 15 is 0 Å². The number of benzene rings is 1. The number of hydrogen-bond donors (Lipinski definition) is 1. The molecule has 1 amide bonds. The van der Waals surface area contributed by atoms with Crippen molar-refractivity contribution in [1.29, 1.82) is 0 Å². The molecule has 2 bridgehead atoms. The summed E-state index contributed by atoms with van der Waals surface area (Å²) in [7, 11) is 0. The molecule has 24 heavy (non-hydrogen) atoms. The van der Waals surface area contributed by atoms with Crippen LogP contribution in [0.15, 0.2) is 42.6 Å². The average Bonchev–Trinajstić information content (AvgIpc) is 3.27. The lowest BCUT2D eigenvalue weighted by molar-refractivity contribution is -0.121. The minimum absolute atomic E-state index is 0.0117. The van der Waals surface area contributed by atoms with E-state index in [2.05, 4.69) is 17.5 Å². The maximum atomic E-state index is 12.4. The number of nitrogens with zero attached hydrogens (tertiary/aromatic N) is 1. The van der Waals surface area contributed by atoms with Crippen molar-refractivity contribution in [2.45, 2.75) is 26.3 Å². The molecule has 0 saturated heterocycles. The van der Waals surface area contributed by atoms with Gasteiger partial charge < -0.3 is 9.88 Å². The summed E-state index contributed by atoms with van der Waals surface area (Å²) in [5.74, 6) is 1.99. The Morgan fingerprint density at radius 2 is 2.04 bits per heavy atom. The fourth-order valence-electron chi connectivity index (χ4n) is 4.24. The highest BCUT2D eigenvalue weighted by molar-refractivity contribution is 6.07. The fourth-order valence-corrected chi connectivity index (χ4v) is 4.24. The number of aromatic nitrogens is 1. The fraction of sp³-hybridized carbons (Fsp3) is 0.400. The van der Waals surface area contributed by atoms with Crippen LogP contribution in [0.5, 0.6) is 0 Å². The lowest BCUT2D eigenvalue weighted by atomic mass is 9.94. The number of carbonyl (C=O) groups excluding carboxylic acids is 2. The van der Waals surface area contributed by atoms with Gasteiger partial charge in [-0.1, -0.05) is 30.4 Å². The molecule has 1 saturated carbocycles. The van der Waals surface area contributed by atoms with E-state index in [-0.39, 0.29) is 18.2 Å². The van der Waals surface area contributed by atoms with Gasteiger partial charge in [0.15, 0.2) is 5.78 Å².